The first-order valence-electron chi connectivity index (χ1n) is 8.98. The largest absolute Gasteiger partial charge is 0.494 e. The Kier molecular flexibility index (Phi) is 5.37. The molecule has 0 aromatic heterocycles. The molecule has 0 saturated heterocycles. The number of anilines is 1. The second-order valence-corrected chi connectivity index (χ2v) is 8.27. The minimum absolute atomic E-state index is 0.256. The zero-order valence-corrected chi connectivity index (χ0v) is 16.8. The van der Waals surface area contributed by atoms with Crippen molar-refractivity contribution < 1.29 is 13.2 Å². The summed E-state index contributed by atoms with van der Waals surface area (Å²) in [6.07, 6.45) is 0. The average Bonchev–Trinajstić information content (AvgIpc) is 2.85. The quantitative estimate of drug-likeness (QED) is 0.804. The molecule has 2 aromatic carbocycles. The Morgan fingerprint density at radius 2 is 1.67 bits per heavy atom. The van der Waals surface area contributed by atoms with Crippen molar-refractivity contribution in [2.24, 2.45) is 4.40 Å². The number of rotatable bonds is 5. The number of benzene rings is 2. The topological polar surface area (TPSA) is 67.8 Å². The van der Waals surface area contributed by atoms with Gasteiger partial charge in [0.1, 0.15) is 16.5 Å². The maximum Gasteiger partial charge on any atom is 0.285 e. The Labute approximate surface area is 160 Å². The van der Waals surface area contributed by atoms with Crippen molar-refractivity contribution in [3.63, 3.8) is 0 Å². The van der Waals surface area contributed by atoms with Crippen LogP contribution in [0.15, 0.2) is 58.5 Å². The molecule has 0 saturated carbocycles. The lowest BCUT2D eigenvalue weighted by Crippen LogP contribution is -2.11. The van der Waals surface area contributed by atoms with Crippen LogP contribution >= 0.6 is 0 Å². The van der Waals surface area contributed by atoms with Crippen LogP contribution in [0.25, 0.3) is 4.91 Å². The molecule has 1 N–H and O–H groups in total. The third-order valence-corrected chi connectivity index (χ3v) is 5.91. The van der Waals surface area contributed by atoms with E-state index in [4.69, 9.17) is 4.74 Å². The molecule has 1 aliphatic rings. The Bertz CT molecular complexity index is 987. The van der Waals surface area contributed by atoms with Gasteiger partial charge in [-0.05, 0) is 55.2 Å². The number of nitrogens with zero attached hydrogens (tertiary/aromatic N) is 1. The first kappa shape index (κ1) is 19.2. The summed E-state index contributed by atoms with van der Waals surface area (Å²) in [7, 11) is -3.73. The third-order valence-electron chi connectivity index (χ3n) is 4.43. The first-order valence-corrected chi connectivity index (χ1v) is 10.4. The van der Waals surface area contributed by atoms with E-state index in [2.05, 4.69) is 23.6 Å². The molecule has 1 heterocycles. The van der Waals surface area contributed by atoms with E-state index in [1.54, 1.807) is 6.92 Å². The lowest BCUT2D eigenvalue weighted by atomic mass is 10.0. The molecule has 6 heteroatoms. The van der Waals surface area contributed by atoms with Crippen LogP contribution < -0.4 is 10.1 Å². The van der Waals surface area contributed by atoms with Crippen molar-refractivity contribution in [3.05, 3.63) is 65.2 Å². The van der Waals surface area contributed by atoms with Gasteiger partial charge in [-0.1, -0.05) is 38.1 Å². The highest BCUT2D eigenvalue weighted by Gasteiger charge is 2.31. The SMILES string of the molecule is CCOc1ccc(NC2=NS(=O)(=O)C(c3ccc(C(C)C)cc3)=C2C)cc1. The predicted molar refractivity (Wildman–Crippen MR) is 111 cm³/mol. The van der Waals surface area contributed by atoms with Gasteiger partial charge in [0.25, 0.3) is 10.0 Å². The van der Waals surface area contributed by atoms with Gasteiger partial charge in [-0.15, -0.1) is 4.40 Å². The minimum atomic E-state index is -3.73. The van der Waals surface area contributed by atoms with Crippen LogP contribution in [0.5, 0.6) is 5.75 Å². The smallest absolute Gasteiger partial charge is 0.285 e. The fraction of sp³-hybridized carbons (Fsp3) is 0.286. The molecule has 142 valence electrons. The number of sulfonamides is 1. The van der Waals surface area contributed by atoms with E-state index in [1.165, 1.54) is 5.56 Å². The normalized spacial score (nSPS) is 15.8. The monoisotopic (exact) mass is 384 g/mol. The molecule has 0 fully saturated rings. The van der Waals surface area contributed by atoms with Gasteiger partial charge in [-0.2, -0.15) is 8.42 Å². The van der Waals surface area contributed by atoms with Crippen LogP contribution in [0.4, 0.5) is 5.69 Å². The van der Waals surface area contributed by atoms with E-state index in [9.17, 15) is 8.42 Å². The standard InChI is InChI=1S/C21H24N2O3S/c1-5-26-19-12-10-18(11-13-19)22-21-15(4)20(27(24,25)23-21)17-8-6-16(7-9-17)14(2)3/h6-14H,5H2,1-4H3,(H,22,23). The zero-order chi connectivity index (χ0) is 19.6. The summed E-state index contributed by atoms with van der Waals surface area (Å²) >= 11 is 0. The van der Waals surface area contributed by atoms with Gasteiger partial charge >= 0.3 is 0 Å². The van der Waals surface area contributed by atoms with E-state index >= 15 is 0 Å². The van der Waals surface area contributed by atoms with Gasteiger partial charge in [0, 0.05) is 11.3 Å². The minimum Gasteiger partial charge on any atom is -0.494 e. The van der Waals surface area contributed by atoms with Crippen LogP contribution in [0.2, 0.25) is 0 Å². The van der Waals surface area contributed by atoms with E-state index < -0.39 is 10.0 Å². The lowest BCUT2D eigenvalue weighted by molar-refractivity contribution is 0.340. The van der Waals surface area contributed by atoms with E-state index in [0.717, 1.165) is 11.4 Å². The number of nitrogens with one attached hydrogen (secondary N) is 1. The first-order chi connectivity index (χ1) is 12.8. The van der Waals surface area contributed by atoms with E-state index in [-0.39, 0.29) is 4.91 Å². The molecule has 0 unspecified atom stereocenters. The predicted octanol–water partition coefficient (Wildman–Crippen LogP) is 4.79. The molecule has 0 aliphatic carbocycles. The third kappa shape index (κ3) is 4.06. The maximum absolute atomic E-state index is 12.6. The van der Waals surface area contributed by atoms with Crippen molar-refractivity contribution >= 4 is 26.5 Å². The maximum atomic E-state index is 12.6. The van der Waals surface area contributed by atoms with Crippen molar-refractivity contribution in [3.8, 4) is 5.75 Å². The van der Waals surface area contributed by atoms with Gasteiger partial charge < -0.3 is 10.1 Å². The van der Waals surface area contributed by atoms with E-state index in [1.807, 2.05) is 55.5 Å². The van der Waals surface area contributed by atoms with Crippen LogP contribution in [-0.4, -0.2) is 20.9 Å². The number of ether oxygens (including phenoxy) is 1. The Morgan fingerprint density at radius 3 is 2.22 bits per heavy atom. The Morgan fingerprint density at radius 1 is 1.04 bits per heavy atom. The average molecular weight is 385 g/mol. The molecule has 5 nitrogen and oxygen atoms in total. The van der Waals surface area contributed by atoms with Crippen molar-refractivity contribution in [2.45, 2.75) is 33.6 Å². The summed E-state index contributed by atoms with van der Waals surface area (Å²) in [5.74, 6) is 1.51. The Hall–Kier alpha value is -2.60. The molecule has 1 aliphatic heterocycles. The summed E-state index contributed by atoms with van der Waals surface area (Å²) in [6.45, 7) is 8.50. The van der Waals surface area contributed by atoms with Gasteiger partial charge in [-0.3, -0.25) is 0 Å². The van der Waals surface area contributed by atoms with Crippen molar-refractivity contribution in [1.29, 1.82) is 0 Å². The highest BCUT2D eigenvalue weighted by atomic mass is 32.2. The van der Waals surface area contributed by atoms with Gasteiger partial charge in [0.15, 0.2) is 0 Å². The molecule has 2 aromatic rings. The van der Waals surface area contributed by atoms with E-state index in [0.29, 0.717) is 29.5 Å². The van der Waals surface area contributed by atoms with Crippen LogP contribution in [0, 0.1) is 0 Å². The summed E-state index contributed by atoms with van der Waals surface area (Å²) in [6, 6.07) is 15.0. The van der Waals surface area contributed by atoms with Gasteiger partial charge in [0.05, 0.1) is 6.61 Å². The fourth-order valence-corrected chi connectivity index (χ4v) is 4.41. The lowest BCUT2D eigenvalue weighted by Gasteiger charge is -2.09. The summed E-state index contributed by atoms with van der Waals surface area (Å²) in [5.41, 5.74) is 3.19. The number of hydrogen-bond acceptors (Lipinski definition) is 4. The number of amidine groups is 1. The second kappa shape index (κ2) is 7.56. The molecule has 0 bridgehead atoms. The zero-order valence-electron chi connectivity index (χ0n) is 16.0. The summed E-state index contributed by atoms with van der Waals surface area (Å²) in [4.78, 5) is 0.256. The highest BCUT2D eigenvalue weighted by Crippen LogP contribution is 2.33. The molecule has 3 rings (SSSR count). The Balaban J connectivity index is 1.89. The molecular weight excluding hydrogens is 360 g/mol. The summed E-state index contributed by atoms with van der Waals surface area (Å²) in [5, 5.41) is 3.10. The summed E-state index contributed by atoms with van der Waals surface area (Å²) < 4.78 is 34.6. The highest BCUT2D eigenvalue weighted by molar-refractivity contribution is 8.00. The molecular formula is C21H24N2O3S. The molecule has 0 amide bonds. The number of hydrogen-bond donors (Lipinski definition) is 1. The van der Waals surface area contributed by atoms with Crippen molar-refractivity contribution in [1.82, 2.24) is 0 Å². The molecule has 0 atom stereocenters. The molecule has 0 spiro atoms. The molecule has 27 heavy (non-hydrogen) atoms. The van der Waals surface area contributed by atoms with Crippen LogP contribution in [0.1, 0.15) is 44.7 Å². The fourth-order valence-electron chi connectivity index (χ4n) is 2.97. The van der Waals surface area contributed by atoms with Gasteiger partial charge in [-0.25, -0.2) is 0 Å². The van der Waals surface area contributed by atoms with Gasteiger partial charge in [0.2, 0.25) is 0 Å². The second-order valence-electron chi connectivity index (χ2n) is 6.73. The molecule has 0 radical (unpaired) electrons. The van der Waals surface area contributed by atoms with Crippen molar-refractivity contribution in [2.75, 3.05) is 11.9 Å². The van der Waals surface area contributed by atoms with Crippen LogP contribution in [-0.2, 0) is 10.0 Å². The van der Waals surface area contributed by atoms with Crippen LogP contribution in [0.3, 0.4) is 0 Å².